The Labute approximate surface area is 142 Å². The molecule has 0 bridgehead atoms. The van der Waals surface area contributed by atoms with Gasteiger partial charge in [0.15, 0.2) is 0 Å². The molecule has 0 heterocycles. The third-order valence-electron chi connectivity index (χ3n) is 3.65. The number of carbonyl (C=O) groups is 2. The summed E-state index contributed by atoms with van der Waals surface area (Å²) in [5.74, 6) is -1.08. The number of unbranched alkanes of at least 4 members (excludes halogenated alkanes) is 1. The van der Waals surface area contributed by atoms with Gasteiger partial charge in [-0.15, -0.1) is 0 Å². The highest BCUT2D eigenvalue weighted by atomic mass is 16.6. The summed E-state index contributed by atoms with van der Waals surface area (Å²) in [7, 11) is 0. The van der Waals surface area contributed by atoms with Crippen LogP contribution in [-0.2, 0) is 14.3 Å². The highest BCUT2D eigenvalue weighted by molar-refractivity contribution is 5.93. The average Bonchev–Trinajstić information content (AvgIpc) is 2.60. The van der Waals surface area contributed by atoms with E-state index in [1.165, 1.54) is 0 Å². The lowest BCUT2D eigenvalue weighted by Gasteiger charge is -2.18. The molecule has 0 N–H and O–H groups in total. The van der Waals surface area contributed by atoms with Gasteiger partial charge in [0.2, 0.25) is 6.10 Å². The molecule has 0 aliphatic rings. The second kappa shape index (κ2) is 8.87. The number of ether oxygens (including phenoxy) is 2. The number of hydrogen-bond donors (Lipinski definition) is 0. The van der Waals surface area contributed by atoms with Crippen LogP contribution in [0.4, 0.5) is 0 Å². The van der Waals surface area contributed by atoms with Gasteiger partial charge in [0.25, 0.3) is 0 Å². The fourth-order valence-electron chi connectivity index (χ4n) is 2.25. The number of aryl methyl sites for hydroxylation is 1. The molecule has 4 nitrogen and oxygen atoms in total. The van der Waals surface area contributed by atoms with E-state index in [-0.39, 0.29) is 0 Å². The molecule has 0 aromatic heterocycles. The maximum absolute atomic E-state index is 12.5. The smallest absolute Gasteiger partial charge is 0.352 e. The van der Waals surface area contributed by atoms with Gasteiger partial charge in [-0.3, -0.25) is 0 Å². The van der Waals surface area contributed by atoms with E-state index in [2.05, 4.69) is 0 Å². The second-order valence-corrected chi connectivity index (χ2v) is 5.53. The van der Waals surface area contributed by atoms with Crippen LogP contribution in [0, 0.1) is 6.92 Å². The molecule has 2 rings (SSSR count). The topological polar surface area (TPSA) is 52.6 Å². The molecule has 0 fully saturated rings. The molecule has 2 aromatic carbocycles. The van der Waals surface area contributed by atoms with E-state index in [1.54, 1.807) is 36.4 Å². The minimum absolute atomic E-state index is 0.320. The van der Waals surface area contributed by atoms with E-state index in [0.29, 0.717) is 17.7 Å². The van der Waals surface area contributed by atoms with Crippen LogP contribution in [0.25, 0.3) is 0 Å². The first kappa shape index (κ1) is 17.7. The van der Waals surface area contributed by atoms with E-state index >= 15 is 0 Å². The largest absolute Gasteiger partial charge is 0.463 e. The van der Waals surface area contributed by atoms with Crippen LogP contribution in [0.15, 0.2) is 54.6 Å². The van der Waals surface area contributed by atoms with Gasteiger partial charge >= 0.3 is 11.9 Å². The summed E-state index contributed by atoms with van der Waals surface area (Å²) in [5.41, 5.74) is 1.84. The first-order valence-corrected chi connectivity index (χ1v) is 8.11. The van der Waals surface area contributed by atoms with Crippen molar-refractivity contribution in [1.29, 1.82) is 0 Å². The van der Waals surface area contributed by atoms with Gasteiger partial charge in [-0.2, -0.15) is 0 Å². The van der Waals surface area contributed by atoms with E-state index in [1.807, 2.05) is 32.0 Å². The number of carbonyl (C=O) groups excluding carboxylic acids is 2. The highest BCUT2D eigenvalue weighted by Gasteiger charge is 2.27. The van der Waals surface area contributed by atoms with Gasteiger partial charge < -0.3 is 9.47 Å². The minimum atomic E-state index is -1.06. The normalized spacial score (nSPS) is 11.6. The number of rotatable bonds is 7. The molecular formula is C20H22O4. The third kappa shape index (κ3) is 4.69. The lowest BCUT2D eigenvalue weighted by atomic mass is 10.1. The zero-order valence-corrected chi connectivity index (χ0v) is 14.0. The fraction of sp³-hybridized carbons (Fsp3) is 0.300. The Morgan fingerprint density at radius 1 is 1.00 bits per heavy atom. The van der Waals surface area contributed by atoms with Gasteiger partial charge in [-0.1, -0.05) is 61.9 Å². The van der Waals surface area contributed by atoms with Crippen LogP contribution in [0.5, 0.6) is 0 Å². The molecule has 0 saturated heterocycles. The van der Waals surface area contributed by atoms with Gasteiger partial charge in [-0.05, 0) is 25.0 Å². The highest BCUT2D eigenvalue weighted by Crippen LogP contribution is 2.22. The zero-order valence-electron chi connectivity index (χ0n) is 14.0. The third-order valence-corrected chi connectivity index (χ3v) is 3.65. The summed E-state index contributed by atoms with van der Waals surface area (Å²) in [6, 6.07) is 16.0. The Morgan fingerprint density at radius 3 is 2.33 bits per heavy atom. The standard InChI is InChI=1S/C20H22O4/c1-3-4-14-23-20(22)18(16-11-6-5-7-12-16)24-19(21)17-13-9-8-10-15(17)2/h5-13,18H,3-4,14H2,1-2H3. The number of esters is 2. The molecule has 1 unspecified atom stereocenters. The maximum atomic E-state index is 12.5. The van der Waals surface area contributed by atoms with Gasteiger partial charge in [-0.25, -0.2) is 9.59 Å². The molecule has 0 amide bonds. The Kier molecular flexibility index (Phi) is 6.55. The Balaban J connectivity index is 2.18. The molecule has 0 aliphatic heterocycles. The van der Waals surface area contributed by atoms with Crippen LogP contribution in [0.3, 0.4) is 0 Å². The summed E-state index contributed by atoms with van der Waals surface area (Å²) < 4.78 is 10.7. The van der Waals surface area contributed by atoms with E-state index in [0.717, 1.165) is 18.4 Å². The Hall–Kier alpha value is -2.62. The van der Waals surface area contributed by atoms with E-state index in [9.17, 15) is 9.59 Å². The summed E-state index contributed by atoms with van der Waals surface area (Å²) >= 11 is 0. The van der Waals surface area contributed by atoms with Crippen LogP contribution in [-0.4, -0.2) is 18.5 Å². The monoisotopic (exact) mass is 326 g/mol. The van der Waals surface area contributed by atoms with Crippen molar-refractivity contribution in [2.24, 2.45) is 0 Å². The molecule has 0 radical (unpaired) electrons. The van der Waals surface area contributed by atoms with Gasteiger partial charge in [0, 0.05) is 5.56 Å². The molecular weight excluding hydrogens is 304 g/mol. The lowest BCUT2D eigenvalue weighted by Crippen LogP contribution is -2.23. The van der Waals surface area contributed by atoms with E-state index in [4.69, 9.17) is 9.47 Å². The average molecular weight is 326 g/mol. The quantitative estimate of drug-likeness (QED) is 0.564. The lowest BCUT2D eigenvalue weighted by molar-refractivity contribution is -0.154. The first-order valence-electron chi connectivity index (χ1n) is 8.11. The SMILES string of the molecule is CCCCOC(=O)C(OC(=O)c1ccccc1C)c1ccccc1. The van der Waals surface area contributed by atoms with Crippen molar-refractivity contribution in [2.45, 2.75) is 32.8 Å². The Morgan fingerprint density at radius 2 is 1.67 bits per heavy atom. The van der Waals surface area contributed by atoms with Crippen LogP contribution in [0.1, 0.15) is 47.4 Å². The second-order valence-electron chi connectivity index (χ2n) is 5.53. The summed E-state index contributed by atoms with van der Waals surface area (Å²) in [5, 5.41) is 0. The predicted octanol–water partition coefficient (Wildman–Crippen LogP) is 4.24. The van der Waals surface area contributed by atoms with Crippen molar-refractivity contribution in [1.82, 2.24) is 0 Å². The summed E-state index contributed by atoms with van der Waals surface area (Å²) in [4.78, 5) is 24.8. The van der Waals surface area contributed by atoms with Crippen LogP contribution in [0.2, 0.25) is 0 Å². The first-order chi connectivity index (χ1) is 11.6. The molecule has 0 saturated carbocycles. The van der Waals surface area contributed by atoms with Crippen molar-refractivity contribution < 1.29 is 19.1 Å². The maximum Gasteiger partial charge on any atom is 0.352 e. The minimum Gasteiger partial charge on any atom is -0.463 e. The number of benzene rings is 2. The van der Waals surface area contributed by atoms with Crippen molar-refractivity contribution >= 4 is 11.9 Å². The van der Waals surface area contributed by atoms with Crippen molar-refractivity contribution in [3.63, 3.8) is 0 Å². The Bertz CT molecular complexity index is 679. The molecule has 1 atom stereocenters. The van der Waals surface area contributed by atoms with Gasteiger partial charge in [0.05, 0.1) is 12.2 Å². The van der Waals surface area contributed by atoms with E-state index < -0.39 is 18.0 Å². The fourth-order valence-corrected chi connectivity index (χ4v) is 2.25. The number of hydrogen-bond acceptors (Lipinski definition) is 4. The van der Waals surface area contributed by atoms with Crippen molar-refractivity contribution in [3.8, 4) is 0 Å². The van der Waals surface area contributed by atoms with Crippen molar-refractivity contribution in [3.05, 3.63) is 71.3 Å². The van der Waals surface area contributed by atoms with Crippen molar-refractivity contribution in [2.75, 3.05) is 6.61 Å². The molecule has 24 heavy (non-hydrogen) atoms. The van der Waals surface area contributed by atoms with Crippen LogP contribution < -0.4 is 0 Å². The predicted molar refractivity (Wildman–Crippen MR) is 91.6 cm³/mol. The molecule has 0 spiro atoms. The van der Waals surface area contributed by atoms with Crippen LogP contribution >= 0.6 is 0 Å². The summed E-state index contributed by atoms with van der Waals surface area (Å²) in [6.45, 7) is 4.16. The molecule has 126 valence electrons. The molecule has 2 aromatic rings. The molecule has 0 aliphatic carbocycles. The summed E-state index contributed by atoms with van der Waals surface area (Å²) in [6.07, 6.45) is 0.640. The zero-order chi connectivity index (χ0) is 17.4. The molecule has 4 heteroatoms. The van der Waals surface area contributed by atoms with Gasteiger partial charge in [0.1, 0.15) is 0 Å².